The van der Waals surface area contributed by atoms with E-state index in [0.717, 1.165) is 15.6 Å². The number of fused-ring (bicyclic) bond motifs is 1. The minimum Gasteiger partial charge on any atom is -0.486 e. The number of carbonyl (C=O) groups excluding carboxylic acids is 1. The van der Waals surface area contributed by atoms with Crippen LogP contribution in [-0.4, -0.2) is 29.3 Å². The van der Waals surface area contributed by atoms with Gasteiger partial charge in [0.1, 0.15) is 13.2 Å². The third kappa shape index (κ3) is 4.20. The molecule has 0 bridgehead atoms. The molecule has 1 atom stereocenters. The molecule has 0 saturated carbocycles. The van der Waals surface area contributed by atoms with E-state index in [1.165, 1.54) is 0 Å². The Morgan fingerprint density at radius 2 is 2.11 bits per heavy atom. The molecule has 1 N–H and O–H groups in total. The van der Waals surface area contributed by atoms with Crippen LogP contribution in [0.25, 0.3) is 11.4 Å². The first kappa shape index (κ1) is 18.9. The van der Waals surface area contributed by atoms with Crippen molar-refractivity contribution in [3.05, 3.63) is 44.9 Å². The van der Waals surface area contributed by atoms with Crippen molar-refractivity contribution < 1.29 is 18.8 Å². The molecule has 0 aliphatic carbocycles. The summed E-state index contributed by atoms with van der Waals surface area (Å²) in [5.74, 6) is 2.30. The van der Waals surface area contributed by atoms with Crippen LogP contribution >= 0.6 is 27.3 Å². The largest absolute Gasteiger partial charge is 0.486 e. The highest BCUT2D eigenvalue weighted by atomic mass is 79.9. The van der Waals surface area contributed by atoms with E-state index in [0.29, 0.717) is 42.8 Å². The van der Waals surface area contributed by atoms with Gasteiger partial charge >= 0.3 is 0 Å². The Labute approximate surface area is 174 Å². The maximum Gasteiger partial charge on any atom is 0.227 e. The van der Waals surface area contributed by atoms with Gasteiger partial charge in [-0.3, -0.25) is 4.79 Å². The molecule has 0 spiro atoms. The van der Waals surface area contributed by atoms with E-state index in [-0.39, 0.29) is 18.4 Å². The lowest BCUT2D eigenvalue weighted by atomic mass is 10.1. The summed E-state index contributed by atoms with van der Waals surface area (Å²) in [6.07, 6.45) is 0.649. The summed E-state index contributed by atoms with van der Waals surface area (Å²) >= 11 is 5.11. The molecule has 7 nitrogen and oxygen atoms in total. The van der Waals surface area contributed by atoms with Crippen molar-refractivity contribution in [3.63, 3.8) is 0 Å². The summed E-state index contributed by atoms with van der Waals surface area (Å²) in [4.78, 5) is 16.7. The van der Waals surface area contributed by atoms with Crippen molar-refractivity contribution in [1.29, 1.82) is 0 Å². The molecule has 1 amide bonds. The second-order valence-electron chi connectivity index (χ2n) is 6.33. The van der Waals surface area contributed by atoms with Gasteiger partial charge in [0.2, 0.25) is 17.6 Å². The SMILES string of the molecule is CC(NC(=O)CCc1nc(-c2ccsc2)no1)c1cc2c(cc1Br)OCCO2. The highest BCUT2D eigenvalue weighted by Gasteiger charge is 2.19. The molecule has 1 unspecified atom stereocenters. The lowest BCUT2D eigenvalue weighted by Gasteiger charge is -2.22. The molecule has 4 rings (SSSR count). The maximum absolute atomic E-state index is 12.4. The van der Waals surface area contributed by atoms with Crippen LogP contribution in [0.4, 0.5) is 0 Å². The number of aryl methyl sites for hydroxylation is 1. The van der Waals surface area contributed by atoms with Gasteiger partial charge in [-0.05, 0) is 36.1 Å². The number of hydrogen-bond acceptors (Lipinski definition) is 7. The molecule has 1 aromatic carbocycles. The van der Waals surface area contributed by atoms with Gasteiger partial charge in [0.15, 0.2) is 11.5 Å². The summed E-state index contributed by atoms with van der Waals surface area (Å²) in [6, 6.07) is 5.51. The number of rotatable bonds is 6. The van der Waals surface area contributed by atoms with Crippen molar-refractivity contribution in [2.24, 2.45) is 0 Å². The van der Waals surface area contributed by atoms with E-state index < -0.39 is 0 Å². The first-order chi connectivity index (χ1) is 13.6. The van der Waals surface area contributed by atoms with Crippen molar-refractivity contribution in [2.45, 2.75) is 25.8 Å². The zero-order valence-electron chi connectivity index (χ0n) is 15.1. The van der Waals surface area contributed by atoms with E-state index in [4.69, 9.17) is 14.0 Å². The Balaban J connectivity index is 1.35. The number of hydrogen-bond donors (Lipinski definition) is 1. The highest BCUT2D eigenvalue weighted by molar-refractivity contribution is 9.10. The summed E-state index contributed by atoms with van der Waals surface area (Å²) in [7, 11) is 0. The van der Waals surface area contributed by atoms with Crippen LogP contribution in [0, 0.1) is 0 Å². The Morgan fingerprint density at radius 1 is 1.32 bits per heavy atom. The Kier molecular flexibility index (Phi) is 5.63. The lowest BCUT2D eigenvalue weighted by Crippen LogP contribution is -2.27. The van der Waals surface area contributed by atoms with E-state index >= 15 is 0 Å². The number of carbonyl (C=O) groups is 1. The Hall–Kier alpha value is -2.39. The van der Waals surface area contributed by atoms with Gasteiger partial charge < -0.3 is 19.3 Å². The van der Waals surface area contributed by atoms with Crippen LogP contribution in [-0.2, 0) is 11.2 Å². The fraction of sp³-hybridized carbons (Fsp3) is 0.316. The van der Waals surface area contributed by atoms with E-state index in [1.807, 2.05) is 35.9 Å². The summed E-state index contributed by atoms with van der Waals surface area (Å²) in [6.45, 7) is 2.98. The van der Waals surface area contributed by atoms with Crippen LogP contribution in [0.15, 0.2) is 38.0 Å². The van der Waals surface area contributed by atoms with E-state index in [2.05, 4.69) is 31.4 Å². The smallest absolute Gasteiger partial charge is 0.227 e. The van der Waals surface area contributed by atoms with Gasteiger partial charge in [0, 0.05) is 28.3 Å². The number of nitrogens with zero attached hydrogens (tertiary/aromatic N) is 2. The second kappa shape index (κ2) is 8.32. The third-order valence-corrected chi connectivity index (χ3v) is 5.69. The molecule has 0 radical (unpaired) electrons. The molecule has 0 fully saturated rings. The van der Waals surface area contributed by atoms with Gasteiger partial charge in [-0.15, -0.1) is 0 Å². The van der Waals surface area contributed by atoms with Crippen molar-refractivity contribution in [1.82, 2.24) is 15.5 Å². The molecule has 2 aromatic heterocycles. The van der Waals surface area contributed by atoms with E-state index in [9.17, 15) is 4.79 Å². The molecular formula is C19H18BrN3O4S. The van der Waals surface area contributed by atoms with Crippen molar-refractivity contribution in [3.8, 4) is 22.9 Å². The summed E-state index contributed by atoms with van der Waals surface area (Å²) in [5.41, 5.74) is 1.84. The summed E-state index contributed by atoms with van der Waals surface area (Å²) < 4.78 is 17.3. The third-order valence-electron chi connectivity index (χ3n) is 4.32. The Morgan fingerprint density at radius 3 is 2.86 bits per heavy atom. The zero-order chi connectivity index (χ0) is 19.5. The number of thiophene rings is 1. The van der Waals surface area contributed by atoms with Gasteiger partial charge in [0.05, 0.1) is 6.04 Å². The number of benzene rings is 1. The van der Waals surface area contributed by atoms with Crippen LogP contribution in [0.2, 0.25) is 0 Å². The lowest BCUT2D eigenvalue weighted by molar-refractivity contribution is -0.121. The van der Waals surface area contributed by atoms with Gasteiger partial charge in [-0.2, -0.15) is 16.3 Å². The molecule has 28 heavy (non-hydrogen) atoms. The number of ether oxygens (including phenoxy) is 2. The van der Waals surface area contributed by atoms with Crippen LogP contribution in [0.1, 0.15) is 30.8 Å². The fourth-order valence-electron chi connectivity index (χ4n) is 2.89. The zero-order valence-corrected chi connectivity index (χ0v) is 17.5. The molecule has 146 valence electrons. The average Bonchev–Trinajstić information content (AvgIpc) is 3.37. The molecule has 9 heteroatoms. The molecule has 1 aliphatic rings. The van der Waals surface area contributed by atoms with E-state index in [1.54, 1.807) is 11.3 Å². The van der Waals surface area contributed by atoms with Crippen LogP contribution in [0.3, 0.4) is 0 Å². The molecule has 3 heterocycles. The van der Waals surface area contributed by atoms with Crippen molar-refractivity contribution in [2.75, 3.05) is 13.2 Å². The minimum atomic E-state index is -0.193. The monoisotopic (exact) mass is 463 g/mol. The van der Waals surface area contributed by atoms with Gasteiger partial charge in [-0.25, -0.2) is 0 Å². The first-order valence-corrected chi connectivity index (χ1v) is 10.6. The molecule has 3 aromatic rings. The second-order valence-corrected chi connectivity index (χ2v) is 7.96. The van der Waals surface area contributed by atoms with Crippen molar-refractivity contribution >= 4 is 33.2 Å². The minimum absolute atomic E-state index is 0.0930. The highest BCUT2D eigenvalue weighted by Crippen LogP contribution is 2.37. The molecular weight excluding hydrogens is 446 g/mol. The Bertz CT molecular complexity index is 974. The quantitative estimate of drug-likeness (QED) is 0.590. The predicted octanol–water partition coefficient (Wildman–Crippen LogP) is 4.14. The molecule has 1 aliphatic heterocycles. The number of aromatic nitrogens is 2. The molecule has 0 saturated heterocycles. The number of halogens is 1. The van der Waals surface area contributed by atoms with Gasteiger partial charge in [-0.1, -0.05) is 21.1 Å². The summed E-state index contributed by atoms with van der Waals surface area (Å²) in [5, 5.41) is 10.9. The van der Waals surface area contributed by atoms with Crippen LogP contribution < -0.4 is 14.8 Å². The number of nitrogens with one attached hydrogen (secondary N) is 1. The average molecular weight is 464 g/mol. The fourth-order valence-corrected chi connectivity index (χ4v) is 4.19. The maximum atomic E-state index is 12.4. The topological polar surface area (TPSA) is 86.5 Å². The van der Waals surface area contributed by atoms with Gasteiger partial charge in [0.25, 0.3) is 0 Å². The standard InChI is InChI=1S/C19H18BrN3O4S/c1-11(13-8-15-16(9-14(13)20)26-6-5-25-15)21-17(24)2-3-18-22-19(23-27-18)12-4-7-28-10-12/h4,7-11H,2-3,5-6H2,1H3,(H,21,24). The number of amides is 1. The first-order valence-electron chi connectivity index (χ1n) is 8.83. The predicted molar refractivity (Wildman–Crippen MR) is 108 cm³/mol. The van der Waals surface area contributed by atoms with Crippen LogP contribution in [0.5, 0.6) is 11.5 Å². The normalized spacial score (nSPS) is 13.9.